The van der Waals surface area contributed by atoms with Crippen LogP contribution in [-0.4, -0.2) is 12.1 Å². The summed E-state index contributed by atoms with van der Waals surface area (Å²) in [4.78, 5) is 4.38. The Kier molecular flexibility index (Phi) is 5.54. The highest BCUT2D eigenvalue weighted by Crippen LogP contribution is 2.27. The molecular formula is C14H15Br2N3O. The van der Waals surface area contributed by atoms with E-state index in [0.717, 1.165) is 32.4 Å². The molecule has 1 unspecified atom stereocenters. The number of nitrogens with one attached hydrogen (secondary N) is 1. The average molecular weight is 401 g/mol. The van der Waals surface area contributed by atoms with Gasteiger partial charge in [0.05, 0.1) is 23.3 Å². The first-order valence-corrected chi connectivity index (χ1v) is 7.62. The Bertz CT molecular complexity index is 575. The summed E-state index contributed by atoms with van der Waals surface area (Å²) < 4.78 is 7.10. The van der Waals surface area contributed by atoms with Crippen LogP contribution >= 0.6 is 31.9 Å². The van der Waals surface area contributed by atoms with Crippen molar-refractivity contribution in [3.05, 3.63) is 56.7 Å². The maximum atomic E-state index is 5.65. The first kappa shape index (κ1) is 15.4. The van der Waals surface area contributed by atoms with Gasteiger partial charge in [0.2, 0.25) is 0 Å². The van der Waals surface area contributed by atoms with E-state index >= 15 is 0 Å². The third-order valence-electron chi connectivity index (χ3n) is 2.96. The molecule has 1 atom stereocenters. The molecule has 0 aliphatic heterocycles. The molecule has 0 fully saturated rings. The number of hydrogen-bond acceptors (Lipinski definition) is 4. The zero-order chi connectivity index (χ0) is 14.5. The minimum absolute atomic E-state index is 0.0385. The molecule has 4 nitrogen and oxygen atoms in total. The summed E-state index contributed by atoms with van der Waals surface area (Å²) in [7, 11) is 1.65. The second-order valence-electron chi connectivity index (χ2n) is 4.29. The lowest BCUT2D eigenvalue weighted by Gasteiger charge is -2.16. The third-order valence-corrected chi connectivity index (χ3v) is 4.05. The fourth-order valence-corrected chi connectivity index (χ4v) is 2.74. The van der Waals surface area contributed by atoms with Crippen LogP contribution in [0, 0.1) is 0 Å². The Morgan fingerprint density at radius 3 is 2.65 bits per heavy atom. The molecule has 0 aliphatic rings. The van der Waals surface area contributed by atoms with Crippen molar-refractivity contribution in [3.63, 3.8) is 0 Å². The molecule has 106 valence electrons. The van der Waals surface area contributed by atoms with E-state index in [4.69, 9.17) is 10.6 Å². The highest BCUT2D eigenvalue weighted by Gasteiger charge is 2.13. The van der Waals surface area contributed by atoms with E-state index in [-0.39, 0.29) is 6.04 Å². The van der Waals surface area contributed by atoms with E-state index < -0.39 is 0 Å². The zero-order valence-electron chi connectivity index (χ0n) is 10.9. The van der Waals surface area contributed by atoms with E-state index in [1.54, 1.807) is 13.3 Å². The molecule has 1 aromatic carbocycles. The van der Waals surface area contributed by atoms with Crippen molar-refractivity contribution in [1.29, 1.82) is 0 Å². The van der Waals surface area contributed by atoms with Gasteiger partial charge in [0, 0.05) is 10.7 Å². The number of nitrogens with two attached hydrogens (primary N) is 1. The minimum atomic E-state index is -0.0385. The lowest BCUT2D eigenvalue weighted by atomic mass is 10.0. The number of aromatic nitrogens is 1. The Morgan fingerprint density at radius 2 is 2.10 bits per heavy atom. The van der Waals surface area contributed by atoms with Gasteiger partial charge in [0.15, 0.2) is 0 Å². The number of hydrazine groups is 1. The molecule has 0 aliphatic carbocycles. The molecule has 0 saturated heterocycles. The number of benzene rings is 1. The molecule has 0 saturated carbocycles. The Hall–Kier alpha value is -0.950. The van der Waals surface area contributed by atoms with Crippen LogP contribution < -0.4 is 16.0 Å². The molecule has 1 heterocycles. The molecule has 20 heavy (non-hydrogen) atoms. The van der Waals surface area contributed by atoms with Gasteiger partial charge < -0.3 is 4.74 Å². The predicted octanol–water partition coefficient (Wildman–Crippen LogP) is 3.36. The van der Waals surface area contributed by atoms with Crippen LogP contribution in [0.2, 0.25) is 0 Å². The second-order valence-corrected chi connectivity index (χ2v) is 6.06. The van der Waals surface area contributed by atoms with Crippen molar-refractivity contribution >= 4 is 31.9 Å². The lowest BCUT2D eigenvalue weighted by molar-refractivity contribution is 0.412. The van der Waals surface area contributed by atoms with Crippen LogP contribution in [0.1, 0.15) is 17.3 Å². The molecular weight excluding hydrogens is 386 g/mol. The van der Waals surface area contributed by atoms with Gasteiger partial charge in [-0.2, -0.15) is 0 Å². The van der Waals surface area contributed by atoms with Crippen LogP contribution in [0.4, 0.5) is 0 Å². The topological polar surface area (TPSA) is 60.2 Å². The number of pyridine rings is 1. The van der Waals surface area contributed by atoms with Crippen molar-refractivity contribution in [2.75, 3.05) is 7.11 Å². The first-order valence-electron chi connectivity index (χ1n) is 6.04. The van der Waals surface area contributed by atoms with Crippen molar-refractivity contribution in [2.24, 2.45) is 5.84 Å². The quantitative estimate of drug-likeness (QED) is 0.596. The molecule has 0 amide bonds. The molecule has 0 bridgehead atoms. The van der Waals surface area contributed by atoms with Gasteiger partial charge in [-0.1, -0.05) is 6.07 Å². The summed E-state index contributed by atoms with van der Waals surface area (Å²) in [5, 5.41) is 0. The first-order chi connectivity index (χ1) is 9.63. The van der Waals surface area contributed by atoms with Crippen LogP contribution in [-0.2, 0) is 6.42 Å². The van der Waals surface area contributed by atoms with Crippen LogP contribution in [0.5, 0.6) is 5.75 Å². The molecule has 6 heteroatoms. The molecule has 0 radical (unpaired) electrons. The van der Waals surface area contributed by atoms with Gasteiger partial charge in [-0.3, -0.25) is 16.3 Å². The standard InChI is InChI=1S/C14H15Br2N3O/c1-20-14-5-2-9(6-11(14)16)7-13(19-17)12-4-3-10(15)8-18-12/h2-6,8,13,19H,7,17H2,1H3. The minimum Gasteiger partial charge on any atom is -0.496 e. The monoisotopic (exact) mass is 399 g/mol. The number of methoxy groups -OCH3 is 1. The molecule has 3 N–H and O–H groups in total. The number of halogens is 2. The van der Waals surface area contributed by atoms with Crippen LogP contribution in [0.15, 0.2) is 45.5 Å². The lowest BCUT2D eigenvalue weighted by Crippen LogP contribution is -2.30. The van der Waals surface area contributed by atoms with E-state index in [0.29, 0.717) is 0 Å². The number of ether oxygens (including phenoxy) is 1. The Balaban J connectivity index is 2.17. The van der Waals surface area contributed by atoms with E-state index in [1.165, 1.54) is 0 Å². The van der Waals surface area contributed by atoms with Gasteiger partial charge in [-0.25, -0.2) is 0 Å². The van der Waals surface area contributed by atoms with Crippen LogP contribution in [0.25, 0.3) is 0 Å². The van der Waals surface area contributed by atoms with E-state index in [1.807, 2.05) is 30.3 Å². The molecule has 2 aromatic rings. The molecule has 0 spiro atoms. The van der Waals surface area contributed by atoms with Crippen molar-refractivity contribution in [3.8, 4) is 5.75 Å². The van der Waals surface area contributed by atoms with E-state index in [2.05, 4.69) is 42.3 Å². The summed E-state index contributed by atoms with van der Waals surface area (Å²) in [6.07, 6.45) is 2.51. The normalized spacial score (nSPS) is 12.2. The number of nitrogens with zero attached hydrogens (tertiary/aromatic N) is 1. The maximum absolute atomic E-state index is 5.65. The summed E-state index contributed by atoms with van der Waals surface area (Å²) >= 11 is 6.86. The number of hydrogen-bond donors (Lipinski definition) is 2. The number of rotatable bonds is 5. The van der Waals surface area contributed by atoms with Gasteiger partial charge >= 0.3 is 0 Å². The average Bonchev–Trinajstić information content (AvgIpc) is 2.46. The van der Waals surface area contributed by atoms with E-state index in [9.17, 15) is 0 Å². The highest BCUT2D eigenvalue weighted by atomic mass is 79.9. The molecule has 2 rings (SSSR count). The Labute approximate surface area is 135 Å². The predicted molar refractivity (Wildman–Crippen MR) is 86.4 cm³/mol. The summed E-state index contributed by atoms with van der Waals surface area (Å²) in [6.45, 7) is 0. The van der Waals surface area contributed by atoms with Crippen molar-refractivity contribution < 1.29 is 4.74 Å². The fraction of sp³-hybridized carbons (Fsp3) is 0.214. The van der Waals surface area contributed by atoms with Crippen molar-refractivity contribution in [1.82, 2.24) is 10.4 Å². The van der Waals surface area contributed by atoms with Crippen LogP contribution in [0.3, 0.4) is 0 Å². The second kappa shape index (κ2) is 7.17. The molecule has 1 aromatic heterocycles. The van der Waals surface area contributed by atoms with Gasteiger partial charge in [-0.15, -0.1) is 0 Å². The fourth-order valence-electron chi connectivity index (χ4n) is 1.91. The summed E-state index contributed by atoms with van der Waals surface area (Å²) in [5.74, 6) is 6.46. The van der Waals surface area contributed by atoms with Gasteiger partial charge in [0.1, 0.15) is 5.75 Å². The SMILES string of the molecule is COc1ccc(CC(NN)c2ccc(Br)cn2)cc1Br. The van der Waals surface area contributed by atoms with Gasteiger partial charge in [-0.05, 0) is 68.1 Å². The summed E-state index contributed by atoms with van der Waals surface area (Å²) in [5.41, 5.74) is 4.86. The Morgan fingerprint density at radius 1 is 1.30 bits per heavy atom. The summed E-state index contributed by atoms with van der Waals surface area (Å²) in [6, 6.07) is 9.85. The largest absolute Gasteiger partial charge is 0.496 e. The van der Waals surface area contributed by atoms with Crippen molar-refractivity contribution in [2.45, 2.75) is 12.5 Å². The smallest absolute Gasteiger partial charge is 0.133 e. The third kappa shape index (κ3) is 3.79. The zero-order valence-corrected chi connectivity index (χ0v) is 14.1. The highest BCUT2D eigenvalue weighted by molar-refractivity contribution is 9.10. The maximum Gasteiger partial charge on any atom is 0.133 e. The van der Waals surface area contributed by atoms with Gasteiger partial charge in [0.25, 0.3) is 0 Å².